The lowest BCUT2D eigenvalue weighted by Gasteiger charge is -2.36. The third-order valence-electron chi connectivity index (χ3n) is 4.83. The quantitative estimate of drug-likeness (QED) is 0.517. The number of alkyl halides is 3. The van der Waals surface area contributed by atoms with Crippen molar-refractivity contribution in [2.45, 2.75) is 12.3 Å². The van der Waals surface area contributed by atoms with Crippen LogP contribution in [-0.4, -0.2) is 80.7 Å². The Labute approximate surface area is 164 Å². The van der Waals surface area contributed by atoms with E-state index in [1.165, 1.54) is 15.9 Å². The van der Waals surface area contributed by atoms with E-state index in [0.29, 0.717) is 0 Å². The summed E-state index contributed by atoms with van der Waals surface area (Å²) in [4.78, 5) is 25.9. The average Bonchev–Trinajstić information content (AvgIpc) is 2.66. The fourth-order valence-electron chi connectivity index (χ4n) is 3.23. The molecular formula is C16H18F3N3O6S. The van der Waals surface area contributed by atoms with Crippen molar-refractivity contribution in [1.29, 1.82) is 0 Å². The molecule has 29 heavy (non-hydrogen) atoms. The summed E-state index contributed by atoms with van der Waals surface area (Å²) in [7, 11) is -3.24. The van der Waals surface area contributed by atoms with Crippen LogP contribution in [-0.2, 0) is 14.6 Å². The number of nitro benzene ring substituents is 1. The molecule has 2 aliphatic heterocycles. The van der Waals surface area contributed by atoms with Gasteiger partial charge in [0, 0.05) is 31.8 Å². The van der Waals surface area contributed by atoms with Gasteiger partial charge >= 0.3 is 6.18 Å². The van der Waals surface area contributed by atoms with E-state index >= 15 is 0 Å². The SMILES string of the molecule is O=C(c1ccc([N+](=O)[O-])cc1N1CCOC(C(F)(F)F)C1)N1CCS(=O)(=O)CC1. The van der Waals surface area contributed by atoms with Gasteiger partial charge in [0.05, 0.1) is 40.8 Å². The standard InChI is InChI=1S/C16H18F3N3O6S/c17-16(18,19)14-10-21(3-6-28-14)13-9-11(22(24)25)1-2-12(13)15(23)20-4-7-29(26,27)8-5-20/h1-2,9,14H,3-8,10H2. The second kappa shape index (κ2) is 7.78. The van der Waals surface area contributed by atoms with Crippen LogP contribution in [0.25, 0.3) is 0 Å². The number of halogens is 3. The summed E-state index contributed by atoms with van der Waals surface area (Å²) in [6, 6.07) is 3.35. The molecule has 9 nitrogen and oxygen atoms in total. The van der Waals surface area contributed by atoms with Crippen LogP contribution in [0.5, 0.6) is 0 Å². The van der Waals surface area contributed by atoms with Crippen molar-refractivity contribution in [1.82, 2.24) is 4.90 Å². The van der Waals surface area contributed by atoms with E-state index < -0.39 is 39.5 Å². The molecule has 1 atom stereocenters. The number of nitrogens with zero attached hydrogens (tertiary/aromatic N) is 3. The number of benzene rings is 1. The summed E-state index contributed by atoms with van der Waals surface area (Å²) in [5.41, 5.74) is -0.388. The van der Waals surface area contributed by atoms with Crippen LogP contribution >= 0.6 is 0 Å². The molecule has 0 N–H and O–H groups in total. The zero-order valence-corrected chi connectivity index (χ0v) is 15.9. The number of hydrogen-bond donors (Lipinski definition) is 0. The van der Waals surface area contributed by atoms with Crippen molar-refractivity contribution in [2.75, 3.05) is 49.2 Å². The lowest BCUT2D eigenvalue weighted by atomic mass is 10.1. The molecule has 0 aliphatic carbocycles. The average molecular weight is 437 g/mol. The summed E-state index contributed by atoms with van der Waals surface area (Å²) >= 11 is 0. The molecule has 1 amide bonds. The van der Waals surface area contributed by atoms with Crippen LogP contribution in [0.1, 0.15) is 10.4 Å². The maximum absolute atomic E-state index is 13.1. The fourth-order valence-corrected chi connectivity index (χ4v) is 4.43. The monoisotopic (exact) mass is 437 g/mol. The highest BCUT2D eigenvalue weighted by molar-refractivity contribution is 7.91. The van der Waals surface area contributed by atoms with Gasteiger partial charge in [-0.15, -0.1) is 0 Å². The van der Waals surface area contributed by atoms with Crippen molar-refractivity contribution in [3.8, 4) is 0 Å². The number of rotatable bonds is 3. The predicted molar refractivity (Wildman–Crippen MR) is 95.7 cm³/mol. The number of hydrogen-bond acceptors (Lipinski definition) is 7. The Hall–Kier alpha value is -2.41. The van der Waals surface area contributed by atoms with Gasteiger partial charge in [-0.25, -0.2) is 8.42 Å². The predicted octanol–water partition coefficient (Wildman–Crippen LogP) is 1.23. The first kappa shape index (κ1) is 21.3. The van der Waals surface area contributed by atoms with Gasteiger partial charge in [-0.3, -0.25) is 14.9 Å². The topological polar surface area (TPSA) is 110 Å². The molecule has 3 rings (SSSR count). The summed E-state index contributed by atoms with van der Waals surface area (Å²) in [6.45, 7) is -0.956. The number of ether oxygens (including phenoxy) is 1. The number of sulfone groups is 1. The Balaban J connectivity index is 1.93. The first-order valence-electron chi connectivity index (χ1n) is 8.69. The summed E-state index contributed by atoms with van der Waals surface area (Å²) in [5, 5.41) is 11.1. The van der Waals surface area contributed by atoms with Crippen LogP contribution in [0.4, 0.5) is 24.5 Å². The van der Waals surface area contributed by atoms with Gasteiger partial charge in [0.15, 0.2) is 15.9 Å². The minimum absolute atomic E-state index is 0.00446. The van der Waals surface area contributed by atoms with Crippen LogP contribution in [0, 0.1) is 10.1 Å². The first-order chi connectivity index (χ1) is 13.5. The smallest absolute Gasteiger partial charge is 0.365 e. The van der Waals surface area contributed by atoms with Gasteiger partial charge in [-0.1, -0.05) is 0 Å². The van der Waals surface area contributed by atoms with Crippen molar-refractivity contribution in [2.24, 2.45) is 0 Å². The molecule has 0 spiro atoms. The summed E-state index contributed by atoms with van der Waals surface area (Å²) < 4.78 is 67.1. The molecule has 0 saturated carbocycles. The van der Waals surface area contributed by atoms with Crippen LogP contribution < -0.4 is 4.90 Å². The van der Waals surface area contributed by atoms with E-state index in [9.17, 15) is 36.5 Å². The number of morpholine rings is 1. The van der Waals surface area contributed by atoms with Gasteiger partial charge in [0.2, 0.25) is 0 Å². The summed E-state index contributed by atoms with van der Waals surface area (Å²) in [5.74, 6) is -1.01. The minimum Gasteiger partial charge on any atom is -0.365 e. The Morgan fingerprint density at radius 3 is 2.45 bits per heavy atom. The lowest BCUT2D eigenvalue weighted by molar-refractivity contribution is -0.384. The minimum atomic E-state index is -4.62. The zero-order chi connectivity index (χ0) is 21.4. The maximum Gasteiger partial charge on any atom is 0.416 e. The number of amides is 1. The van der Waals surface area contributed by atoms with E-state index in [4.69, 9.17) is 4.74 Å². The Kier molecular flexibility index (Phi) is 5.72. The van der Waals surface area contributed by atoms with Gasteiger partial charge in [0.25, 0.3) is 11.6 Å². The molecule has 2 heterocycles. The molecule has 1 aromatic rings. The van der Waals surface area contributed by atoms with Crippen LogP contribution in [0.3, 0.4) is 0 Å². The molecule has 2 aliphatic rings. The Bertz CT molecular complexity index is 907. The van der Waals surface area contributed by atoms with Crippen molar-refractivity contribution in [3.05, 3.63) is 33.9 Å². The second-order valence-electron chi connectivity index (χ2n) is 6.75. The second-order valence-corrected chi connectivity index (χ2v) is 9.05. The van der Waals surface area contributed by atoms with Gasteiger partial charge in [-0.2, -0.15) is 13.2 Å². The van der Waals surface area contributed by atoms with Crippen molar-refractivity contribution < 1.29 is 36.0 Å². The highest BCUT2D eigenvalue weighted by atomic mass is 32.2. The van der Waals surface area contributed by atoms with E-state index in [-0.39, 0.29) is 54.7 Å². The summed E-state index contributed by atoms with van der Waals surface area (Å²) in [6.07, 6.45) is -6.70. The van der Waals surface area contributed by atoms with Crippen LogP contribution in [0.15, 0.2) is 18.2 Å². The third-order valence-corrected chi connectivity index (χ3v) is 6.44. The van der Waals surface area contributed by atoms with Gasteiger partial charge in [-0.05, 0) is 6.07 Å². The molecule has 0 bridgehead atoms. The molecule has 2 fully saturated rings. The molecule has 13 heteroatoms. The number of non-ortho nitro benzene ring substituents is 1. The molecular weight excluding hydrogens is 419 g/mol. The molecule has 2 saturated heterocycles. The number of carbonyl (C=O) groups excluding carboxylic acids is 1. The van der Waals surface area contributed by atoms with Crippen molar-refractivity contribution in [3.63, 3.8) is 0 Å². The number of carbonyl (C=O) groups is 1. The molecule has 0 radical (unpaired) electrons. The molecule has 0 aromatic heterocycles. The van der Waals surface area contributed by atoms with Gasteiger partial charge < -0.3 is 14.5 Å². The lowest BCUT2D eigenvalue weighted by Crippen LogP contribution is -2.50. The van der Waals surface area contributed by atoms with Gasteiger partial charge in [0.1, 0.15) is 0 Å². The van der Waals surface area contributed by atoms with E-state index in [1.807, 2.05) is 0 Å². The first-order valence-corrected chi connectivity index (χ1v) is 10.5. The molecule has 1 unspecified atom stereocenters. The molecule has 160 valence electrons. The fraction of sp³-hybridized carbons (Fsp3) is 0.562. The number of nitro groups is 1. The van der Waals surface area contributed by atoms with Crippen molar-refractivity contribution >= 4 is 27.1 Å². The maximum atomic E-state index is 13.1. The largest absolute Gasteiger partial charge is 0.416 e. The third kappa shape index (κ3) is 4.78. The number of anilines is 1. The van der Waals surface area contributed by atoms with E-state index in [1.54, 1.807) is 0 Å². The normalized spacial score (nSPS) is 22.4. The Morgan fingerprint density at radius 2 is 1.86 bits per heavy atom. The Morgan fingerprint density at radius 1 is 1.21 bits per heavy atom. The highest BCUT2D eigenvalue weighted by Crippen LogP contribution is 2.32. The van der Waals surface area contributed by atoms with E-state index in [2.05, 4.69) is 0 Å². The van der Waals surface area contributed by atoms with E-state index in [0.717, 1.165) is 12.1 Å². The zero-order valence-electron chi connectivity index (χ0n) is 15.1. The molecule has 1 aromatic carbocycles. The highest BCUT2D eigenvalue weighted by Gasteiger charge is 2.44. The van der Waals surface area contributed by atoms with Crippen LogP contribution in [0.2, 0.25) is 0 Å².